The number of rotatable bonds is 5. The van der Waals surface area contributed by atoms with E-state index in [1.165, 1.54) is 6.07 Å². The average Bonchev–Trinajstić information content (AvgIpc) is 2.49. The van der Waals surface area contributed by atoms with E-state index in [-0.39, 0.29) is 12.4 Å². The molecule has 0 saturated carbocycles. The smallest absolute Gasteiger partial charge is 0.411 e. The van der Waals surface area contributed by atoms with E-state index in [9.17, 15) is 9.18 Å². The summed E-state index contributed by atoms with van der Waals surface area (Å²) in [6, 6.07) is 13.8. The predicted molar refractivity (Wildman–Crippen MR) is 80.6 cm³/mol. The molecule has 1 amide bonds. The number of allylic oxidation sites excluding steroid dienone is 1. The van der Waals surface area contributed by atoms with E-state index in [0.717, 1.165) is 5.56 Å². The first-order valence-corrected chi connectivity index (χ1v) is 6.56. The molecule has 21 heavy (non-hydrogen) atoms. The maximum atomic E-state index is 13.7. The number of carbonyl (C=O) groups is 1. The van der Waals surface area contributed by atoms with Gasteiger partial charge in [0.15, 0.2) is 0 Å². The van der Waals surface area contributed by atoms with Crippen molar-refractivity contribution in [2.24, 2.45) is 0 Å². The van der Waals surface area contributed by atoms with E-state index in [1.54, 1.807) is 18.2 Å². The summed E-state index contributed by atoms with van der Waals surface area (Å²) in [5.74, 6) is -0.379. The van der Waals surface area contributed by atoms with Gasteiger partial charge in [0.25, 0.3) is 0 Å². The Bertz CT molecular complexity index is 626. The van der Waals surface area contributed by atoms with Crippen LogP contribution in [0.2, 0.25) is 0 Å². The zero-order valence-electron chi connectivity index (χ0n) is 11.5. The number of hydrogen-bond donors (Lipinski definition) is 1. The second-order valence-corrected chi connectivity index (χ2v) is 4.49. The molecule has 0 radical (unpaired) electrons. The molecular weight excluding hydrogens is 269 g/mol. The lowest BCUT2D eigenvalue weighted by Gasteiger charge is -2.08. The van der Waals surface area contributed by atoms with Crippen molar-refractivity contribution in [3.8, 4) is 0 Å². The standard InChI is InChI=1S/C17H16FNO2/c1-2-6-14-9-10-15(11-16(14)18)19-17(20)21-12-13-7-4-3-5-8-13/h2-5,7-11H,1,6,12H2,(H,19,20). The molecule has 0 aliphatic rings. The number of hydrogen-bond acceptors (Lipinski definition) is 2. The van der Waals surface area contributed by atoms with Crippen LogP contribution >= 0.6 is 0 Å². The number of anilines is 1. The minimum Gasteiger partial charge on any atom is -0.444 e. The molecule has 0 aromatic heterocycles. The van der Waals surface area contributed by atoms with Crippen molar-refractivity contribution in [1.29, 1.82) is 0 Å². The maximum absolute atomic E-state index is 13.7. The van der Waals surface area contributed by atoms with Gasteiger partial charge in [0.05, 0.1) is 0 Å². The van der Waals surface area contributed by atoms with Crippen molar-refractivity contribution in [3.05, 3.63) is 78.1 Å². The molecule has 0 aliphatic heterocycles. The van der Waals surface area contributed by atoms with Gasteiger partial charge in [-0.25, -0.2) is 9.18 Å². The van der Waals surface area contributed by atoms with Crippen LogP contribution in [0.25, 0.3) is 0 Å². The molecule has 1 N–H and O–H groups in total. The Labute approximate surface area is 123 Å². The molecule has 108 valence electrons. The molecule has 0 atom stereocenters. The van der Waals surface area contributed by atoms with Crippen LogP contribution in [0.1, 0.15) is 11.1 Å². The van der Waals surface area contributed by atoms with Crippen molar-refractivity contribution >= 4 is 11.8 Å². The Morgan fingerprint density at radius 1 is 1.24 bits per heavy atom. The Morgan fingerprint density at radius 3 is 2.67 bits per heavy atom. The van der Waals surface area contributed by atoms with Gasteiger partial charge in [-0.05, 0) is 29.7 Å². The number of amides is 1. The molecule has 2 aromatic carbocycles. The summed E-state index contributed by atoms with van der Waals surface area (Å²) < 4.78 is 18.8. The summed E-state index contributed by atoms with van der Waals surface area (Å²) in [5, 5.41) is 2.50. The van der Waals surface area contributed by atoms with Gasteiger partial charge in [-0.2, -0.15) is 0 Å². The maximum Gasteiger partial charge on any atom is 0.411 e. The first-order valence-electron chi connectivity index (χ1n) is 6.56. The molecule has 0 bridgehead atoms. The van der Waals surface area contributed by atoms with Crippen LogP contribution in [0.3, 0.4) is 0 Å². The highest BCUT2D eigenvalue weighted by Gasteiger charge is 2.06. The van der Waals surface area contributed by atoms with Crippen LogP contribution in [-0.2, 0) is 17.8 Å². The molecule has 2 aromatic rings. The molecule has 0 unspecified atom stereocenters. The molecule has 0 saturated heterocycles. The lowest BCUT2D eigenvalue weighted by atomic mass is 10.1. The third-order valence-electron chi connectivity index (χ3n) is 2.88. The zero-order chi connectivity index (χ0) is 15.1. The highest BCUT2D eigenvalue weighted by atomic mass is 19.1. The van der Waals surface area contributed by atoms with Crippen molar-refractivity contribution in [2.75, 3.05) is 5.32 Å². The molecule has 0 aliphatic carbocycles. The molecule has 0 spiro atoms. The summed E-state index contributed by atoms with van der Waals surface area (Å²) >= 11 is 0. The third kappa shape index (κ3) is 4.45. The molecule has 0 fully saturated rings. The van der Waals surface area contributed by atoms with Gasteiger partial charge < -0.3 is 4.74 Å². The first-order chi connectivity index (χ1) is 10.2. The fourth-order valence-electron chi connectivity index (χ4n) is 1.82. The lowest BCUT2D eigenvalue weighted by Crippen LogP contribution is -2.13. The van der Waals surface area contributed by atoms with Crippen LogP contribution in [0, 0.1) is 5.82 Å². The van der Waals surface area contributed by atoms with Crippen LogP contribution in [0.5, 0.6) is 0 Å². The van der Waals surface area contributed by atoms with Crippen LogP contribution in [0.4, 0.5) is 14.9 Å². The number of halogens is 1. The van der Waals surface area contributed by atoms with Crippen molar-refractivity contribution < 1.29 is 13.9 Å². The quantitative estimate of drug-likeness (QED) is 0.832. The highest BCUT2D eigenvalue weighted by molar-refractivity contribution is 5.84. The molecule has 3 nitrogen and oxygen atoms in total. The molecular formula is C17H16FNO2. The van der Waals surface area contributed by atoms with Gasteiger partial charge in [0.1, 0.15) is 12.4 Å². The topological polar surface area (TPSA) is 38.3 Å². The van der Waals surface area contributed by atoms with Gasteiger partial charge in [0, 0.05) is 5.69 Å². The van der Waals surface area contributed by atoms with Gasteiger partial charge in [0.2, 0.25) is 0 Å². The monoisotopic (exact) mass is 285 g/mol. The Kier molecular flexibility index (Phi) is 5.10. The summed E-state index contributed by atoms with van der Waals surface area (Å²) in [7, 11) is 0. The summed E-state index contributed by atoms with van der Waals surface area (Å²) in [6.45, 7) is 3.73. The Morgan fingerprint density at radius 2 is 2.00 bits per heavy atom. The van der Waals surface area contributed by atoms with E-state index in [4.69, 9.17) is 4.74 Å². The van der Waals surface area contributed by atoms with E-state index < -0.39 is 6.09 Å². The number of ether oxygens (including phenoxy) is 1. The second kappa shape index (κ2) is 7.24. The van der Waals surface area contributed by atoms with E-state index in [0.29, 0.717) is 17.7 Å². The number of benzene rings is 2. The number of carbonyl (C=O) groups excluding carboxylic acids is 1. The first kappa shape index (κ1) is 14.8. The molecule has 0 heterocycles. The average molecular weight is 285 g/mol. The van der Waals surface area contributed by atoms with Gasteiger partial charge in [-0.15, -0.1) is 6.58 Å². The van der Waals surface area contributed by atoms with Crippen LogP contribution in [0.15, 0.2) is 61.2 Å². The fourth-order valence-corrected chi connectivity index (χ4v) is 1.82. The highest BCUT2D eigenvalue weighted by Crippen LogP contribution is 2.15. The molecule has 2 rings (SSSR count). The summed E-state index contributed by atoms with van der Waals surface area (Å²) in [5.41, 5.74) is 1.78. The second-order valence-electron chi connectivity index (χ2n) is 4.49. The van der Waals surface area contributed by atoms with E-state index >= 15 is 0 Å². The van der Waals surface area contributed by atoms with Crippen LogP contribution < -0.4 is 5.32 Å². The largest absolute Gasteiger partial charge is 0.444 e. The van der Waals surface area contributed by atoms with Gasteiger partial charge in [-0.3, -0.25) is 5.32 Å². The molecule has 4 heteroatoms. The predicted octanol–water partition coefficient (Wildman–Crippen LogP) is 4.30. The summed E-state index contributed by atoms with van der Waals surface area (Å²) in [4.78, 5) is 11.6. The fraction of sp³-hybridized carbons (Fsp3) is 0.118. The number of nitrogens with one attached hydrogen (secondary N) is 1. The van der Waals surface area contributed by atoms with E-state index in [1.807, 2.05) is 30.3 Å². The lowest BCUT2D eigenvalue weighted by molar-refractivity contribution is 0.155. The normalized spacial score (nSPS) is 9.95. The van der Waals surface area contributed by atoms with Crippen molar-refractivity contribution in [3.63, 3.8) is 0 Å². The Hall–Kier alpha value is -2.62. The minimum absolute atomic E-state index is 0.170. The van der Waals surface area contributed by atoms with Gasteiger partial charge >= 0.3 is 6.09 Å². The SMILES string of the molecule is C=CCc1ccc(NC(=O)OCc2ccccc2)cc1F. The minimum atomic E-state index is -0.616. The Balaban J connectivity index is 1.90. The van der Waals surface area contributed by atoms with Gasteiger partial charge in [-0.1, -0.05) is 42.5 Å². The van der Waals surface area contributed by atoms with Crippen molar-refractivity contribution in [2.45, 2.75) is 13.0 Å². The van der Waals surface area contributed by atoms with Crippen molar-refractivity contribution in [1.82, 2.24) is 0 Å². The van der Waals surface area contributed by atoms with E-state index in [2.05, 4.69) is 11.9 Å². The zero-order valence-corrected chi connectivity index (χ0v) is 11.5. The van der Waals surface area contributed by atoms with Crippen LogP contribution in [-0.4, -0.2) is 6.09 Å². The third-order valence-corrected chi connectivity index (χ3v) is 2.88. The summed E-state index contributed by atoms with van der Waals surface area (Å²) in [6.07, 6.45) is 1.46.